The van der Waals surface area contributed by atoms with Crippen molar-refractivity contribution in [2.75, 3.05) is 47.5 Å². The van der Waals surface area contributed by atoms with Crippen LogP contribution in [0.2, 0.25) is 0 Å². The van der Waals surface area contributed by atoms with E-state index < -0.39 is 24.3 Å². The van der Waals surface area contributed by atoms with Crippen LogP contribution in [0.4, 0.5) is 0 Å². The number of allylic oxidation sites excluding steroid dienone is 14. The molecule has 504 valence electrons. The summed E-state index contributed by atoms with van der Waals surface area (Å²) in [5.41, 5.74) is 0. The van der Waals surface area contributed by atoms with Crippen molar-refractivity contribution in [2.24, 2.45) is 0 Å². The molecule has 87 heavy (non-hydrogen) atoms. The fourth-order valence-corrected chi connectivity index (χ4v) is 10.5. The molecule has 0 heterocycles. The summed E-state index contributed by atoms with van der Waals surface area (Å²) in [6.07, 6.45) is 89.8. The molecular weight excluding hydrogens is 1080 g/mol. The van der Waals surface area contributed by atoms with E-state index in [0.717, 1.165) is 83.5 Å². The minimum Gasteiger partial charge on any atom is -0.545 e. The lowest BCUT2D eigenvalue weighted by Gasteiger charge is -2.26. The lowest BCUT2D eigenvalue weighted by molar-refractivity contribution is -0.870. The monoisotopic (exact) mass is 1220 g/mol. The molecule has 0 aliphatic rings. The maximum Gasteiger partial charge on any atom is 0.306 e. The van der Waals surface area contributed by atoms with Crippen LogP contribution in [0.15, 0.2) is 85.1 Å². The quantitative estimate of drug-likeness (QED) is 0.0195. The number of rotatable bonds is 68. The van der Waals surface area contributed by atoms with E-state index in [1.165, 1.54) is 218 Å². The number of nitrogens with zero attached hydrogens (tertiary/aromatic N) is 1. The van der Waals surface area contributed by atoms with Crippen LogP contribution in [0.25, 0.3) is 0 Å². The van der Waals surface area contributed by atoms with Crippen LogP contribution < -0.4 is 5.11 Å². The van der Waals surface area contributed by atoms with E-state index in [9.17, 15) is 19.5 Å². The number of carbonyl (C=O) groups excluding carboxylic acids is 3. The first-order valence-electron chi connectivity index (χ1n) is 36.7. The van der Waals surface area contributed by atoms with Crippen molar-refractivity contribution in [3.8, 4) is 0 Å². The fraction of sp³-hybridized carbons (Fsp3) is 0.782. The molecule has 0 aromatic heterocycles. The Labute approximate surface area is 538 Å². The minimum absolute atomic E-state index is 0.143. The third kappa shape index (κ3) is 69.8. The van der Waals surface area contributed by atoms with Crippen molar-refractivity contribution in [1.29, 1.82) is 0 Å². The summed E-state index contributed by atoms with van der Waals surface area (Å²) < 4.78 is 22.8. The smallest absolute Gasteiger partial charge is 0.306 e. The van der Waals surface area contributed by atoms with Crippen molar-refractivity contribution in [1.82, 2.24) is 0 Å². The highest BCUT2D eigenvalue weighted by Crippen LogP contribution is 2.18. The first-order chi connectivity index (χ1) is 42.6. The predicted molar refractivity (Wildman–Crippen MR) is 371 cm³/mol. The van der Waals surface area contributed by atoms with Crippen LogP contribution >= 0.6 is 0 Å². The number of carboxylic acid groups (broad SMARTS) is 1. The highest BCUT2D eigenvalue weighted by atomic mass is 16.7. The molecule has 9 nitrogen and oxygen atoms in total. The predicted octanol–water partition coefficient (Wildman–Crippen LogP) is 21.7. The molecule has 0 rings (SSSR count). The number of esters is 2. The molecule has 0 spiro atoms. The Morgan fingerprint density at radius 2 is 0.655 bits per heavy atom. The second-order valence-electron chi connectivity index (χ2n) is 25.9. The lowest BCUT2D eigenvalue weighted by Crippen LogP contribution is -2.44. The number of ether oxygens (including phenoxy) is 4. The zero-order chi connectivity index (χ0) is 63.3. The van der Waals surface area contributed by atoms with Crippen molar-refractivity contribution in [2.45, 2.75) is 347 Å². The second kappa shape index (κ2) is 68.4. The van der Waals surface area contributed by atoms with Gasteiger partial charge in [0, 0.05) is 12.8 Å². The number of aliphatic carboxylic acids is 1. The largest absolute Gasteiger partial charge is 0.545 e. The van der Waals surface area contributed by atoms with Crippen LogP contribution in [0.5, 0.6) is 0 Å². The number of carboxylic acids is 1. The topological polar surface area (TPSA) is 111 Å². The Balaban J connectivity index is 4.00. The zero-order valence-electron chi connectivity index (χ0n) is 57.6. The summed E-state index contributed by atoms with van der Waals surface area (Å²) in [5, 5.41) is 11.8. The summed E-state index contributed by atoms with van der Waals surface area (Å²) in [7, 11) is 5.93. The molecule has 0 aromatic rings. The number of hydrogen-bond acceptors (Lipinski definition) is 8. The summed E-state index contributed by atoms with van der Waals surface area (Å²) >= 11 is 0. The van der Waals surface area contributed by atoms with Gasteiger partial charge in [-0.05, 0) is 89.9 Å². The molecule has 0 bridgehead atoms. The Morgan fingerprint density at radius 3 is 0.977 bits per heavy atom. The molecule has 9 heteroatoms. The Hall–Kier alpha value is -3.53. The number of hydrogen-bond donors (Lipinski definition) is 0. The SMILES string of the molecule is CC/C=C\C/C=C\C/C=C\C/C=C\C/C=C\CCCCCCCCCC(=O)OC(COC(=O)CCCCCCCCCCCCCCCCCCCCCCCCCCCCC/C=C\C/C=C\CCCCCCC)COC(OCC[N+](C)(C)C)C(=O)[O-]. The van der Waals surface area contributed by atoms with Gasteiger partial charge in [0.2, 0.25) is 0 Å². The summed E-state index contributed by atoms with van der Waals surface area (Å²) in [6, 6.07) is 0. The Morgan fingerprint density at radius 1 is 0.356 bits per heavy atom. The molecule has 0 N–H and O–H groups in total. The Bertz CT molecular complexity index is 1700. The molecule has 0 aliphatic carbocycles. The first-order valence-corrected chi connectivity index (χ1v) is 36.7. The zero-order valence-corrected chi connectivity index (χ0v) is 57.6. The van der Waals surface area contributed by atoms with Gasteiger partial charge in [0.25, 0.3) is 0 Å². The summed E-state index contributed by atoms with van der Waals surface area (Å²) in [6.45, 7) is 4.64. The van der Waals surface area contributed by atoms with Crippen LogP contribution in [0.3, 0.4) is 0 Å². The molecule has 0 amide bonds. The van der Waals surface area contributed by atoms with Gasteiger partial charge in [0.05, 0.1) is 40.3 Å². The van der Waals surface area contributed by atoms with Crippen molar-refractivity contribution < 1.29 is 42.9 Å². The number of carbonyl (C=O) groups is 3. The molecular formula is C78H139NO8. The normalized spacial score (nSPS) is 13.2. The second-order valence-corrected chi connectivity index (χ2v) is 25.9. The van der Waals surface area contributed by atoms with Gasteiger partial charge in [-0.2, -0.15) is 0 Å². The standard InChI is InChI=1S/C78H139NO8/c1-6-8-10-12-14-16-18-20-22-24-26-28-30-31-32-33-34-35-36-37-38-39-40-41-42-43-44-45-47-48-50-52-54-56-58-60-62-64-66-68-75(80)85-72-74(73-86-78(77(82)83)84-71-70-79(3,4)5)87-76(81)69-67-65-63-61-59-57-55-53-51-49-46-29-27-25-23-21-19-17-15-13-11-9-7-2/h9,11,15,17-18,20-21,23-24,26-27,29,49,51,74,78H,6-8,10,12-14,16,19,22,25,28,30-48,50,52-73H2,1-5H3/b11-9-,17-15-,20-18-,23-21-,26-24-,29-27-,51-49-. The van der Waals surface area contributed by atoms with Crippen molar-refractivity contribution in [3.05, 3.63) is 85.1 Å². The first kappa shape index (κ1) is 83.5. The summed E-state index contributed by atoms with van der Waals surface area (Å²) in [5.74, 6) is -2.29. The number of unbranched alkanes of at least 4 members (excludes halogenated alkanes) is 39. The number of likely N-dealkylation sites (N-methyl/N-ethyl adjacent to an activating group) is 1. The van der Waals surface area contributed by atoms with Crippen molar-refractivity contribution >= 4 is 17.9 Å². The highest BCUT2D eigenvalue weighted by Gasteiger charge is 2.22. The fourth-order valence-electron chi connectivity index (χ4n) is 10.5. The lowest BCUT2D eigenvalue weighted by atomic mass is 10.0. The van der Waals surface area contributed by atoms with Gasteiger partial charge in [0.15, 0.2) is 12.4 Å². The van der Waals surface area contributed by atoms with E-state index in [1.54, 1.807) is 0 Å². The molecule has 0 aliphatic heterocycles. The van der Waals surface area contributed by atoms with E-state index in [1.807, 2.05) is 21.1 Å². The number of quaternary nitrogens is 1. The average Bonchev–Trinajstić information content (AvgIpc) is 3.50. The molecule has 0 radical (unpaired) electrons. The van der Waals surface area contributed by atoms with E-state index in [-0.39, 0.29) is 32.2 Å². The maximum atomic E-state index is 12.9. The third-order valence-corrected chi connectivity index (χ3v) is 16.1. The van der Waals surface area contributed by atoms with Gasteiger partial charge in [-0.25, -0.2) is 0 Å². The molecule has 0 fully saturated rings. The van der Waals surface area contributed by atoms with Gasteiger partial charge < -0.3 is 33.3 Å². The van der Waals surface area contributed by atoms with Gasteiger partial charge >= 0.3 is 11.9 Å². The molecule has 0 saturated carbocycles. The van der Waals surface area contributed by atoms with E-state index in [4.69, 9.17) is 18.9 Å². The van der Waals surface area contributed by atoms with Crippen LogP contribution in [-0.2, 0) is 33.3 Å². The third-order valence-electron chi connectivity index (χ3n) is 16.1. The van der Waals surface area contributed by atoms with Crippen LogP contribution in [0.1, 0.15) is 335 Å². The van der Waals surface area contributed by atoms with Gasteiger partial charge in [-0.3, -0.25) is 9.59 Å². The molecule has 0 aromatic carbocycles. The molecule has 2 atom stereocenters. The van der Waals surface area contributed by atoms with Crippen molar-refractivity contribution in [3.63, 3.8) is 0 Å². The summed E-state index contributed by atoms with van der Waals surface area (Å²) in [4.78, 5) is 37.5. The molecule has 0 saturated heterocycles. The van der Waals surface area contributed by atoms with Crippen LogP contribution in [0, 0.1) is 0 Å². The van der Waals surface area contributed by atoms with E-state index in [0.29, 0.717) is 23.9 Å². The highest BCUT2D eigenvalue weighted by molar-refractivity contribution is 5.70. The minimum atomic E-state index is -1.63. The van der Waals surface area contributed by atoms with Crippen LogP contribution in [-0.4, -0.2) is 82.3 Å². The van der Waals surface area contributed by atoms with Gasteiger partial charge in [-0.15, -0.1) is 0 Å². The Kier molecular flexibility index (Phi) is 65.6. The maximum absolute atomic E-state index is 12.9. The van der Waals surface area contributed by atoms with E-state index in [2.05, 4.69) is 98.9 Å². The van der Waals surface area contributed by atoms with Gasteiger partial charge in [0.1, 0.15) is 13.2 Å². The molecule has 2 unspecified atom stereocenters. The van der Waals surface area contributed by atoms with Gasteiger partial charge in [-0.1, -0.05) is 317 Å². The van der Waals surface area contributed by atoms with E-state index >= 15 is 0 Å². The average molecular weight is 1220 g/mol.